The molecule has 0 aromatic heterocycles. The molecule has 0 aliphatic carbocycles. The van der Waals surface area contributed by atoms with Crippen LogP contribution in [-0.2, 0) is 0 Å². The molecular weight excluding hydrogens is 253 g/mol. The fourth-order valence-corrected chi connectivity index (χ4v) is 2.21. The molecule has 2 atom stereocenters. The first-order chi connectivity index (χ1) is 9.58. The molecule has 2 unspecified atom stereocenters. The lowest BCUT2D eigenvalue weighted by Crippen LogP contribution is -2.27. The van der Waals surface area contributed by atoms with Crippen LogP contribution in [-0.4, -0.2) is 23.6 Å². The van der Waals surface area contributed by atoms with E-state index in [2.05, 4.69) is 24.0 Å². The van der Waals surface area contributed by atoms with E-state index in [0.29, 0.717) is 6.54 Å². The summed E-state index contributed by atoms with van der Waals surface area (Å²) in [4.78, 5) is 2.09. The third kappa shape index (κ3) is 3.65. The molecule has 2 rings (SSSR count). The summed E-state index contributed by atoms with van der Waals surface area (Å²) in [5, 5.41) is 10.2. The summed E-state index contributed by atoms with van der Waals surface area (Å²) >= 11 is 0. The van der Waals surface area contributed by atoms with Gasteiger partial charge in [-0.1, -0.05) is 42.5 Å². The summed E-state index contributed by atoms with van der Waals surface area (Å²) in [7, 11) is 1.98. The van der Waals surface area contributed by atoms with Gasteiger partial charge in [-0.15, -0.1) is 0 Å². The Kier molecular flexibility index (Phi) is 4.88. The van der Waals surface area contributed by atoms with E-state index in [9.17, 15) is 9.50 Å². The molecule has 0 radical (unpaired) electrons. The summed E-state index contributed by atoms with van der Waals surface area (Å²) in [6.07, 6.45) is -0.619. The van der Waals surface area contributed by atoms with E-state index in [1.165, 1.54) is 17.7 Å². The third-order valence-corrected chi connectivity index (χ3v) is 3.66. The van der Waals surface area contributed by atoms with E-state index < -0.39 is 6.10 Å². The van der Waals surface area contributed by atoms with E-state index in [1.807, 2.05) is 25.2 Å². The molecule has 0 aliphatic heterocycles. The van der Waals surface area contributed by atoms with Gasteiger partial charge in [-0.3, -0.25) is 4.90 Å². The van der Waals surface area contributed by atoms with Gasteiger partial charge in [-0.05, 0) is 37.2 Å². The number of nitrogens with zero attached hydrogens (tertiary/aromatic N) is 1. The van der Waals surface area contributed by atoms with Gasteiger partial charge < -0.3 is 5.11 Å². The molecule has 0 fully saturated rings. The molecule has 0 heterocycles. The van der Waals surface area contributed by atoms with Crippen molar-refractivity contribution in [1.29, 1.82) is 0 Å². The second kappa shape index (κ2) is 6.64. The van der Waals surface area contributed by atoms with Crippen LogP contribution in [0.1, 0.15) is 30.2 Å². The van der Waals surface area contributed by atoms with Crippen LogP contribution in [0.25, 0.3) is 0 Å². The largest absolute Gasteiger partial charge is 0.387 e. The Morgan fingerprint density at radius 2 is 1.60 bits per heavy atom. The Hall–Kier alpha value is -1.71. The molecule has 0 saturated carbocycles. The van der Waals surface area contributed by atoms with Crippen LogP contribution in [0.15, 0.2) is 54.6 Å². The Morgan fingerprint density at radius 3 is 2.20 bits per heavy atom. The van der Waals surface area contributed by atoms with Crippen molar-refractivity contribution in [2.24, 2.45) is 0 Å². The van der Waals surface area contributed by atoms with Gasteiger partial charge in [0.25, 0.3) is 0 Å². The zero-order valence-corrected chi connectivity index (χ0v) is 11.8. The summed E-state index contributed by atoms with van der Waals surface area (Å²) in [5.41, 5.74) is 1.94. The van der Waals surface area contributed by atoms with Crippen molar-refractivity contribution in [1.82, 2.24) is 4.90 Å². The summed E-state index contributed by atoms with van der Waals surface area (Å²) in [6.45, 7) is 2.61. The second-order valence-electron chi connectivity index (χ2n) is 5.09. The lowest BCUT2D eigenvalue weighted by molar-refractivity contribution is 0.108. The lowest BCUT2D eigenvalue weighted by atomic mass is 10.1. The Bertz CT molecular complexity index is 526. The average molecular weight is 273 g/mol. The molecule has 0 bridgehead atoms. The quantitative estimate of drug-likeness (QED) is 0.900. The van der Waals surface area contributed by atoms with Crippen molar-refractivity contribution in [3.63, 3.8) is 0 Å². The molecule has 1 N–H and O–H groups in total. The highest BCUT2D eigenvalue weighted by Crippen LogP contribution is 2.22. The molecular formula is C17H20FNO. The lowest BCUT2D eigenvalue weighted by Gasteiger charge is -2.27. The standard InChI is InChI=1S/C17H20FNO/c1-13(14-6-4-3-5-7-14)19(2)12-17(20)15-8-10-16(18)11-9-15/h3-11,13,17,20H,12H2,1-2H3. The molecule has 3 heteroatoms. The summed E-state index contributed by atoms with van der Waals surface area (Å²) in [5.74, 6) is -0.285. The third-order valence-electron chi connectivity index (χ3n) is 3.66. The minimum absolute atomic E-state index is 0.214. The molecule has 2 aromatic carbocycles. The number of hydrogen-bond donors (Lipinski definition) is 1. The number of likely N-dealkylation sites (N-methyl/N-ethyl adjacent to an activating group) is 1. The van der Waals surface area contributed by atoms with Gasteiger partial charge in [0.2, 0.25) is 0 Å². The minimum Gasteiger partial charge on any atom is -0.387 e. The van der Waals surface area contributed by atoms with Crippen LogP contribution in [0.2, 0.25) is 0 Å². The fraction of sp³-hybridized carbons (Fsp3) is 0.294. The maximum absolute atomic E-state index is 12.9. The highest BCUT2D eigenvalue weighted by molar-refractivity contribution is 5.20. The topological polar surface area (TPSA) is 23.5 Å². The van der Waals surface area contributed by atoms with E-state index in [-0.39, 0.29) is 11.9 Å². The van der Waals surface area contributed by atoms with E-state index in [4.69, 9.17) is 0 Å². The first kappa shape index (κ1) is 14.7. The van der Waals surface area contributed by atoms with Crippen LogP contribution >= 0.6 is 0 Å². The number of hydrogen-bond acceptors (Lipinski definition) is 2. The van der Waals surface area contributed by atoms with E-state index in [0.717, 1.165) is 5.56 Å². The van der Waals surface area contributed by atoms with Crippen molar-refractivity contribution in [3.05, 3.63) is 71.5 Å². The van der Waals surface area contributed by atoms with Gasteiger partial charge in [0.1, 0.15) is 5.82 Å². The number of rotatable bonds is 5. The molecule has 2 aromatic rings. The molecule has 2 nitrogen and oxygen atoms in total. The Morgan fingerprint density at radius 1 is 1.00 bits per heavy atom. The predicted octanol–water partition coefficient (Wildman–Crippen LogP) is 3.55. The highest BCUT2D eigenvalue weighted by Gasteiger charge is 2.16. The smallest absolute Gasteiger partial charge is 0.123 e. The average Bonchev–Trinajstić information content (AvgIpc) is 2.48. The fourth-order valence-electron chi connectivity index (χ4n) is 2.21. The van der Waals surface area contributed by atoms with Gasteiger partial charge in [-0.25, -0.2) is 4.39 Å². The summed E-state index contributed by atoms with van der Waals surface area (Å²) < 4.78 is 12.9. The van der Waals surface area contributed by atoms with Crippen LogP contribution in [0.5, 0.6) is 0 Å². The molecule has 20 heavy (non-hydrogen) atoms. The van der Waals surface area contributed by atoms with Crippen LogP contribution in [0.4, 0.5) is 4.39 Å². The van der Waals surface area contributed by atoms with Gasteiger partial charge in [-0.2, -0.15) is 0 Å². The molecule has 0 spiro atoms. The maximum Gasteiger partial charge on any atom is 0.123 e. The van der Waals surface area contributed by atoms with Gasteiger partial charge >= 0.3 is 0 Å². The number of benzene rings is 2. The number of aliphatic hydroxyl groups is 1. The maximum atomic E-state index is 12.9. The normalized spacial score (nSPS) is 14.2. The van der Waals surface area contributed by atoms with Crippen molar-refractivity contribution in [3.8, 4) is 0 Å². The highest BCUT2D eigenvalue weighted by atomic mass is 19.1. The SMILES string of the molecule is CC(c1ccccc1)N(C)CC(O)c1ccc(F)cc1. The first-order valence-electron chi connectivity index (χ1n) is 6.76. The van der Waals surface area contributed by atoms with Crippen molar-refractivity contribution >= 4 is 0 Å². The zero-order chi connectivity index (χ0) is 14.5. The Labute approximate surface area is 119 Å². The first-order valence-corrected chi connectivity index (χ1v) is 6.76. The molecule has 0 amide bonds. The Balaban J connectivity index is 2.00. The van der Waals surface area contributed by atoms with Crippen molar-refractivity contribution in [2.75, 3.05) is 13.6 Å². The van der Waals surface area contributed by atoms with E-state index in [1.54, 1.807) is 12.1 Å². The van der Waals surface area contributed by atoms with Gasteiger partial charge in [0.05, 0.1) is 6.10 Å². The molecule has 0 aliphatic rings. The minimum atomic E-state index is -0.619. The van der Waals surface area contributed by atoms with Crippen molar-refractivity contribution in [2.45, 2.75) is 19.1 Å². The van der Waals surface area contributed by atoms with Crippen LogP contribution < -0.4 is 0 Å². The van der Waals surface area contributed by atoms with Gasteiger partial charge in [0.15, 0.2) is 0 Å². The number of aliphatic hydroxyl groups excluding tert-OH is 1. The monoisotopic (exact) mass is 273 g/mol. The second-order valence-corrected chi connectivity index (χ2v) is 5.09. The van der Waals surface area contributed by atoms with Crippen LogP contribution in [0, 0.1) is 5.82 Å². The predicted molar refractivity (Wildman–Crippen MR) is 78.8 cm³/mol. The number of halogens is 1. The summed E-state index contributed by atoms with van der Waals surface area (Å²) in [6, 6.07) is 16.4. The van der Waals surface area contributed by atoms with Gasteiger partial charge in [0, 0.05) is 12.6 Å². The van der Waals surface area contributed by atoms with E-state index >= 15 is 0 Å². The molecule has 0 saturated heterocycles. The zero-order valence-electron chi connectivity index (χ0n) is 11.8. The van der Waals surface area contributed by atoms with Crippen molar-refractivity contribution < 1.29 is 9.50 Å². The van der Waals surface area contributed by atoms with Crippen LogP contribution in [0.3, 0.4) is 0 Å². The molecule has 106 valence electrons.